The van der Waals surface area contributed by atoms with E-state index in [1.54, 1.807) is 26.0 Å². The fourth-order valence-electron chi connectivity index (χ4n) is 3.82. The van der Waals surface area contributed by atoms with Gasteiger partial charge in [0, 0.05) is 17.2 Å². The predicted molar refractivity (Wildman–Crippen MR) is 133 cm³/mol. The Morgan fingerprint density at radius 2 is 1.49 bits per heavy atom. The number of carbonyl (C=O) groups is 2. The van der Waals surface area contributed by atoms with Gasteiger partial charge in [0.15, 0.2) is 5.75 Å². The van der Waals surface area contributed by atoms with E-state index in [4.69, 9.17) is 42.1 Å². The van der Waals surface area contributed by atoms with Crippen LogP contribution in [0.4, 0.5) is 0 Å². The van der Waals surface area contributed by atoms with Gasteiger partial charge in [-0.1, -0.05) is 23.2 Å². The van der Waals surface area contributed by atoms with Gasteiger partial charge in [-0.15, -0.1) is 0 Å². The van der Waals surface area contributed by atoms with Crippen LogP contribution in [0.15, 0.2) is 22.7 Å². The standard InChI is InChI=1S/C12H12BrClO4.C12H13ClO4/c1-2-17-12(16)6-3-4-18-11-7(6)5-8(14)10(15)9(11)13;1-2-16-12(15)7-3-4-17-11-6-10(14)9(13)5-8(7)11/h5-6,15H,2-4H2,1H3;5-7,14H,2-4H2,1H3. The summed E-state index contributed by atoms with van der Waals surface area (Å²) in [7, 11) is 0. The summed E-state index contributed by atoms with van der Waals surface area (Å²) in [6.45, 7) is 5.03. The van der Waals surface area contributed by atoms with Crippen LogP contribution in [-0.4, -0.2) is 48.6 Å². The molecule has 2 atom stereocenters. The van der Waals surface area contributed by atoms with Crippen molar-refractivity contribution in [2.75, 3.05) is 26.4 Å². The second kappa shape index (κ2) is 12.1. The molecule has 2 aromatic carbocycles. The van der Waals surface area contributed by atoms with Gasteiger partial charge in [0.1, 0.15) is 21.7 Å². The summed E-state index contributed by atoms with van der Waals surface area (Å²) < 4.78 is 21.3. The number of ether oxygens (including phenoxy) is 4. The van der Waals surface area contributed by atoms with E-state index in [0.29, 0.717) is 66.4 Å². The molecule has 2 heterocycles. The highest BCUT2D eigenvalue weighted by molar-refractivity contribution is 9.10. The maximum Gasteiger partial charge on any atom is 0.313 e. The van der Waals surface area contributed by atoms with E-state index < -0.39 is 5.92 Å². The highest BCUT2D eigenvalue weighted by Crippen LogP contribution is 2.47. The lowest BCUT2D eigenvalue weighted by molar-refractivity contribution is -0.146. The molecular formula is C24H25BrCl2O8. The predicted octanol–water partition coefficient (Wildman–Crippen LogP) is 5.71. The van der Waals surface area contributed by atoms with Crippen LogP contribution in [0.3, 0.4) is 0 Å². The smallest absolute Gasteiger partial charge is 0.313 e. The van der Waals surface area contributed by atoms with Crippen molar-refractivity contribution < 1.29 is 38.7 Å². The Hall–Kier alpha value is -2.36. The van der Waals surface area contributed by atoms with Crippen molar-refractivity contribution in [2.24, 2.45) is 0 Å². The van der Waals surface area contributed by atoms with Crippen LogP contribution in [0, 0.1) is 0 Å². The Labute approximate surface area is 221 Å². The zero-order valence-corrected chi connectivity index (χ0v) is 22.2. The van der Waals surface area contributed by atoms with Gasteiger partial charge in [0.05, 0.1) is 48.3 Å². The van der Waals surface area contributed by atoms with Crippen LogP contribution in [-0.2, 0) is 19.1 Å². The van der Waals surface area contributed by atoms with Crippen LogP contribution < -0.4 is 9.47 Å². The number of rotatable bonds is 4. The van der Waals surface area contributed by atoms with Gasteiger partial charge in [0.25, 0.3) is 0 Å². The summed E-state index contributed by atoms with van der Waals surface area (Å²) in [5.74, 6) is -0.512. The summed E-state index contributed by atoms with van der Waals surface area (Å²) in [4.78, 5) is 23.6. The van der Waals surface area contributed by atoms with Crippen molar-refractivity contribution in [3.8, 4) is 23.0 Å². The maximum absolute atomic E-state index is 11.9. The number of phenols is 2. The van der Waals surface area contributed by atoms with Gasteiger partial charge < -0.3 is 29.2 Å². The highest BCUT2D eigenvalue weighted by atomic mass is 79.9. The molecule has 0 bridgehead atoms. The minimum atomic E-state index is -0.400. The molecule has 4 rings (SSSR count). The molecule has 2 unspecified atom stereocenters. The van der Waals surface area contributed by atoms with E-state index in [9.17, 15) is 19.8 Å². The molecule has 190 valence electrons. The number of aromatic hydroxyl groups is 2. The molecular weight excluding hydrogens is 567 g/mol. The number of carbonyl (C=O) groups excluding carboxylic acids is 2. The molecule has 35 heavy (non-hydrogen) atoms. The van der Waals surface area contributed by atoms with Gasteiger partial charge in [-0.2, -0.15) is 0 Å². The summed E-state index contributed by atoms with van der Waals surface area (Å²) >= 11 is 15.0. The third-order valence-electron chi connectivity index (χ3n) is 5.47. The average Bonchev–Trinajstić information content (AvgIpc) is 2.83. The molecule has 11 heteroatoms. The molecule has 0 spiro atoms. The highest BCUT2D eigenvalue weighted by Gasteiger charge is 2.32. The molecule has 0 fully saturated rings. The molecule has 0 saturated carbocycles. The number of benzene rings is 2. The Bertz CT molecular complexity index is 1110. The van der Waals surface area contributed by atoms with Crippen LogP contribution in [0.25, 0.3) is 0 Å². The van der Waals surface area contributed by atoms with Crippen molar-refractivity contribution in [1.82, 2.24) is 0 Å². The van der Waals surface area contributed by atoms with Gasteiger partial charge in [-0.25, -0.2) is 0 Å². The van der Waals surface area contributed by atoms with Crippen molar-refractivity contribution in [2.45, 2.75) is 38.5 Å². The molecule has 0 amide bonds. The van der Waals surface area contributed by atoms with Crippen molar-refractivity contribution >= 4 is 51.1 Å². The number of hydrogen-bond acceptors (Lipinski definition) is 8. The first-order valence-corrected chi connectivity index (χ1v) is 12.6. The number of fused-ring (bicyclic) bond motifs is 2. The molecule has 2 N–H and O–H groups in total. The lowest BCUT2D eigenvalue weighted by Gasteiger charge is -2.26. The van der Waals surface area contributed by atoms with Crippen LogP contribution in [0.2, 0.25) is 10.0 Å². The lowest BCUT2D eigenvalue weighted by Crippen LogP contribution is -2.23. The number of esters is 2. The van der Waals surface area contributed by atoms with Crippen LogP contribution in [0.5, 0.6) is 23.0 Å². The van der Waals surface area contributed by atoms with E-state index in [1.807, 2.05) is 0 Å². The molecule has 0 aromatic heterocycles. The second-order valence-electron chi connectivity index (χ2n) is 7.66. The summed E-state index contributed by atoms with van der Waals surface area (Å²) in [6, 6.07) is 4.55. The molecule has 8 nitrogen and oxygen atoms in total. The van der Waals surface area contributed by atoms with Gasteiger partial charge in [0.2, 0.25) is 0 Å². The van der Waals surface area contributed by atoms with Crippen molar-refractivity contribution in [3.05, 3.63) is 43.8 Å². The fraction of sp³-hybridized carbons (Fsp3) is 0.417. The maximum atomic E-state index is 11.9. The normalized spacial score (nSPS) is 18.0. The van der Waals surface area contributed by atoms with Gasteiger partial charge in [-0.3, -0.25) is 9.59 Å². The molecule has 2 aliphatic rings. The van der Waals surface area contributed by atoms with E-state index in [2.05, 4.69) is 15.9 Å². The summed E-state index contributed by atoms with van der Waals surface area (Å²) in [6.07, 6.45) is 1.10. The monoisotopic (exact) mass is 590 g/mol. The number of phenolic OH excluding ortho intramolecular Hbond substituents is 2. The Morgan fingerprint density at radius 3 is 2.09 bits per heavy atom. The second-order valence-corrected chi connectivity index (χ2v) is 9.27. The van der Waals surface area contributed by atoms with Crippen molar-refractivity contribution in [1.29, 1.82) is 0 Å². The third-order valence-corrected chi connectivity index (χ3v) is 6.79. The zero-order chi connectivity index (χ0) is 25.7. The van der Waals surface area contributed by atoms with Gasteiger partial charge >= 0.3 is 11.9 Å². The third kappa shape index (κ3) is 6.08. The van der Waals surface area contributed by atoms with Crippen molar-refractivity contribution in [3.63, 3.8) is 0 Å². The first kappa shape index (κ1) is 27.2. The fourth-order valence-corrected chi connectivity index (χ4v) is 4.88. The SMILES string of the molecule is CCOC(=O)C1CCOc2c1cc(Cl)c(O)c2Br.CCOC(=O)C1CCOc2cc(O)c(Cl)cc21. The quantitative estimate of drug-likeness (QED) is 0.435. The molecule has 2 aromatic rings. The lowest BCUT2D eigenvalue weighted by atomic mass is 9.93. The first-order chi connectivity index (χ1) is 16.7. The molecule has 2 aliphatic heterocycles. The summed E-state index contributed by atoms with van der Waals surface area (Å²) in [5, 5.41) is 19.6. The minimum absolute atomic E-state index is 0.0464. The first-order valence-electron chi connectivity index (χ1n) is 11.0. The van der Waals surface area contributed by atoms with Crippen LogP contribution >= 0.6 is 39.1 Å². The van der Waals surface area contributed by atoms with E-state index in [-0.39, 0.29) is 39.4 Å². The van der Waals surface area contributed by atoms with E-state index in [0.717, 1.165) is 0 Å². The molecule has 0 aliphatic carbocycles. The Balaban J connectivity index is 0.000000196. The molecule has 0 radical (unpaired) electrons. The zero-order valence-electron chi connectivity index (χ0n) is 19.1. The Morgan fingerprint density at radius 1 is 0.943 bits per heavy atom. The van der Waals surface area contributed by atoms with E-state index in [1.165, 1.54) is 6.07 Å². The Kier molecular flexibility index (Phi) is 9.38. The number of hydrogen-bond donors (Lipinski definition) is 2. The topological polar surface area (TPSA) is 112 Å². The van der Waals surface area contributed by atoms with Gasteiger partial charge in [-0.05, 0) is 54.8 Å². The van der Waals surface area contributed by atoms with E-state index >= 15 is 0 Å². The number of halogens is 3. The van der Waals surface area contributed by atoms with Crippen LogP contribution in [0.1, 0.15) is 49.7 Å². The largest absolute Gasteiger partial charge is 0.506 e. The minimum Gasteiger partial charge on any atom is -0.506 e. The average molecular weight is 592 g/mol. The molecule has 0 saturated heterocycles. The summed E-state index contributed by atoms with van der Waals surface area (Å²) in [5.41, 5.74) is 1.33.